The first kappa shape index (κ1) is 53.7. The van der Waals surface area contributed by atoms with Gasteiger partial charge in [-0.2, -0.15) is 52.7 Å². The number of carbonyl (C=O) groups excluding carboxylic acids is 2. The van der Waals surface area contributed by atoms with Gasteiger partial charge < -0.3 is 17.7 Å². The fraction of sp³-hybridized carbons (Fsp3) is 0.500. The minimum absolute atomic E-state index is 0.333. The molecule has 0 aromatic carbocycles. The summed E-state index contributed by atoms with van der Waals surface area (Å²) in [6.07, 6.45) is 16.4. The zero-order valence-corrected chi connectivity index (χ0v) is 31.7. The lowest BCUT2D eigenvalue weighted by molar-refractivity contribution is -0.707. The molecular weight excluding hydrogens is 921 g/mol. The van der Waals surface area contributed by atoms with Crippen molar-refractivity contribution in [3.8, 4) is 0 Å². The standard InChI is InChI=1S/C20H28N4O4.2C2F6NO4S2/c1-3-19(25)27-15-13-23-11-9-21(17-23)7-5-6-8-22-10-12-24(18-22)14-16-28-20(26)4-2;2*3-1(4,5)14(10,11)9-15(12,13)2(6,7)8/h3-4,9-12,17-18H,1-2,5-8,13-16H2;;/q+2;2*-1. The Balaban J connectivity index is 0.000000922. The summed E-state index contributed by atoms with van der Waals surface area (Å²) in [6.45, 7) is 10.5. The molecule has 0 bridgehead atoms. The fourth-order valence-electron chi connectivity index (χ4n) is 3.04. The normalized spacial score (nSPS) is 13.0. The maximum atomic E-state index is 11.4. The highest BCUT2D eigenvalue weighted by Crippen LogP contribution is 2.37. The first-order valence-electron chi connectivity index (χ1n) is 14.4. The largest absolute Gasteiger partial charge is 0.480 e. The van der Waals surface area contributed by atoms with Gasteiger partial charge in [0.2, 0.25) is 12.7 Å². The van der Waals surface area contributed by atoms with E-state index < -0.39 is 74.1 Å². The van der Waals surface area contributed by atoms with E-state index in [0.29, 0.717) is 26.3 Å². The highest BCUT2D eigenvalue weighted by molar-refractivity contribution is 8.13. The topological polar surface area (TPSA) is 235 Å². The van der Waals surface area contributed by atoms with Crippen molar-refractivity contribution in [3.63, 3.8) is 0 Å². The van der Waals surface area contributed by atoms with E-state index in [0.717, 1.165) is 34.2 Å². The summed E-state index contributed by atoms with van der Waals surface area (Å²) in [6, 6.07) is 0. The Morgan fingerprint density at radius 2 is 0.810 bits per heavy atom. The van der Waals surface area contributed by atoms with Crippen LogP contribution >= 0.6 is 0 Å². The lowest BCUT2D eigenvalue weighted by Gasteiger charge is -2.22. The third-order valence-electron chi connectivity index (χ3n) is 5.66. The lowest BCUT2D eigenvalue weighted by Crippen LogP contribution is -2.34. The van der Waals surface area contributed by atoms with Crippen molar-refractivity contribution < 1.29 is 115 Å². The number of aryl methyl sites for hydroxylation is 2. The summed E-state index contributed by atoms with van der Waals surface area (Å²) < 4.78 is 237. The molecule has 0 spiro atoms. The van der Waals surface area contributed by atoms with Crippen LogP contribution in [0.25, 0.3) is 8.25 Å². The average Bonchev–Trinajstić information content (AvgIpc) is 3.69. The fourth-order valence-corrected chi connectivity index (χ4v) is 6.46. The van der Waals surface area contributed by atoms with E-state index in [1.165, 1.54) is 12.2 Å². The third-order valence-corrected chi connectivity index (χ3v) is 11.1. The monoisotopic (exact) mass is 948 g/mol. The van der Waals surface area contributed by atoms with Crippen molar-refractivity contribution in [2.24, 2.45) is 0 Å². The Bertz CT molecular complexity index is 1910. The van der Waals surface area contributed by atoms with Gasteiger partial charge >= 0.3 is 34.0 Å². The molecule has 334 valence electrons. The van der Waals surface area contributed by atoms with E-state index in [9.17, 15) is 95.9 Å². The Morgan fingerprint density at radius 1 is 0.552 bits per heavy atom. The maximum absolute atomic E-state index is 11.4. The Kier molecular flexibility index (Phi) is 19.6. The molecule has 0 amide bonds. The minimum atomic E-state index is -6.72. The summed E-state index contributed by atoms with van der Waals surface area (Å²) in [5.41, 5.74) is -24.8. The number of hydrogen-bond donors (Lipinski definition) is 0. The third kappa shape index (κ3) is 18.5. The number of sulfonamides is 4. The molecule has 0 fully saturated rings. The average molecular weight is 949 g/mol. The molecule has 0 atom stereocenters. The SMILES string of the molecule is C=CC(=O)OCCn1cc[n+](CCCC[n+]2ccn(CCOC(=O)C=C)c2)c1.O=S(=O)([N-]S(=O)(=O)C(F)(F)F)C(F)(F)F.O=S(=O)([N-]S(=O)(=O)C(F)(F)F)C(F)(F)F. The highest BCUT2D eigenvalue weighted by atomic mass is 32.3. The molecule has 0 unspecified atom stereocenters. The molecule has 0 N–H and O–H groups in total. The summed E-state index contributed by atoms with van der Waals surface area (Å²) >= 11 is 0. The van der Waals surface area contributed by atoms with E-state index in [1.807, 2.05) is 46.6 Å². The van der Waals surface area contributed by atoms with Gasteiger partial charge in [-0.3, -0.25) is 0 Å². The van der Waals surface area contributed by atoms with Gasteiger partial charge in [-0.05, 0) is 12.8 Å². The zero-order valence-electron chi connectivity index (χ0n) is 28.4. The molecule has 2 rings (SSSR count). The number of imidazole rings is 2. The van der Waals surface area contributed by atoms with Crippen molar-refractivity contribution in [2.75, 3.05) is 13.2 Å². The van der Waals surface area contributed by atoms with Crippen molar-refractivity contribution in [3.05, 3.63) is 71.0 Å². The van der Waals surface area contributed by atoms with Gasteiger partial charge in [-0.15, -0.1) is 0 Å². The van der Waals surface area contributed by atoms with Crippen LogP contribution < -0.4 is 9.13 Å². The van der Waals surface area contributed by atoms with E-state index >= 15 is 0 Å². The number of carbonyl (C=O) groups is 2. The zero-order chi connectivity index (χ0) is 45.6. The number of ether oxygens (including phenoxy) is 2. The van der Waals surface area contributed by atoms with E-state index in [2.05, 4.69) is 22.3 Å². The first-order chi connectivity index (χ1) is 26.0. The van der Waals surface area contributed by atoms with Crippen LogP contribution in [0, 0.1) is 0 Å². The van der Waals surface area contributed by atoms with Gasteiger partial charge in [-0.1, -0.05) is 13.2 Å². The van der Waals surface area contributed by atoms with Crippen molar-refractivity contribution >= 4 is 52.0 Å². The van der Waals surface area contributed by atoms with Crippen LogP contribution in [0.2, 0.25) is 0 Å². The maximum Gasteiger partial charge on any atom is 0.480 e. The second-order valence-corrected chi connectivity index (χ2v) is 16.9. The molecule has 0 aliphatic heterocycles. The summed E-state index contributed by atoms with van der Waals surface area (Å²) in [4.78, 5) is 22.0. The van der Waals surface area contributed by atoms with Gasteiger partial charge in [0, 0.05) is 12.2 Å². The quantitative estimate of drug-likeness (QED) is 0.0732. The summed E-state index contributed by atoms with van der Waals surface area (Å²) in [5.74, 6) is -0.798. The predicted octanol–water partition coefficient (Wildman–Crippen LogP) is 2.92. The number of aromatic nitrogens is 4. The van der Waals surface area contributed by atoms with Crippen LogP contribution in [0.1, 0.15) is 12.8 Å². The van der Waals surface area contributed by atoms with Crippen LogP contribution in [0.3, 0.4) is 0 Å². The number of nitrogens with zero attached hydrogens (tertiary/aromatic N) is 6. The molecular formula is C24H28F12N6O12S4. The van der Waals surface area contributed by atoms with Gasteiger partial charge in [0.25, 0.3) is 0 Å². The van der Waals surface area contributed by atoms with Crippen LogP contribution in [0.15, 0.2) is 62.8 Å². The minimum Gasteiger partial charge on any atom is -0.458 e. The Labute approximate surface area is 320 Å². The number of esters is 2. The van der Waals surface area contributed by atoms with Crippen LogP contribution in [-0.2, 0) is 85.3 Å². The number of unbranched alkanes of at least 4 members (excludes halogenated alkanes) is 1. The molecule has 58 heavy (non-hydrogen) atoms. The summed E-state index contributed by atoms with van der Waals surface area (Å²) in [5, 5.41) is 0. The molecule has 34 heteroatoms. The van der Waals surface area contributed by atoms with E-state index in [4.69, 9.17) is 9.47 Å². The van der Waals surface area contributed by atoms with Crippen LogP contribution in [-0.4, -0.2) is 90.0 Å². The van der Waals surface area contributed by atoms with Crippen LogP contribution in [0.5, 0.6) is 0 Å². The molecule has 0 saturated heterocycles. The predicted molar refractivity (Wildman–Crippen MR) is 167 cm³/mol. The van der Waals surface area contributed by atoms with Gasteiger partial charge in [0.1, 0.15) is 51.1 Å². The van der Waals surface area contributed by atoms with Gasteiger partial charge in [-0.25, -0.2) is 61.5 Å². The number of hydrogen-bond acceptors (Lipinski definition) is 12. The number of rotatable bonds is 17. The molecule has 2 aromatic heterocycles. The summed E-state index contributed by atoms with van der Waals surface area (Å²) in [7, 11) is -26.9. The van der Waals surface area contributed by atoms with Crippen molar-refractivity contribution in [1.82, 2.24) is 9.13 Å². The second-order valence-electron chi connectivity index (χ2n) is 10.1. The molecule has 0 radical (unpaired) electrons. The smallest absolute Gasteiger partial charge is 0.458 e. The van der Waals surface area contributed by atoms with Crippen LogP contribution in [0.4, 0.5) is 52.7 Å². The van der Waals surface area contributed by atoms with Gasteiger partial charge in [0.05, 0.1) is 13.1 Å². The number of halogens is 12. The van der Waals surface area contributed by atoms with E-state index in [-0.39, 0.29) is 0 Å². The molecule has 0 aliphatic carbocycles. The molecule has 2 aromatic rings. The van der Waals surface area contributed by atoms with Crippen molar-refractivity contribution in [1.29, 1.82) is 0 Å². The van der Waals surface area contributed by atoms with E-state index in [1.54, 1.807) is 0 Å². The number of alkyl halides is 12. The highest BCUT2D eigenvalue weighted by Gasteiger charge is 2.48. The van der Waals surface area contributed by atoms with Gasteiger partial charge in [0.15, 0.2) is 40.1 Å². The Morgan fingerprint density at radius 3 is 1.03 bits per heavy atom. The second kappa shape index (κ2) is 21.1. The molecule has 18 nitrogen and oxygen atoms in total. The molecule has 2 heterocycles. The molecule has 0 saturated carbocycles. The molecule has 0 aliphatic rings. The Hall–Kier alpha value is -4.28. The van der Waals surface area contributed by atoms with Crippen molar-refractivity contribution in [2.45, 2.75) is 61.1 Å². The first-order valence-corrected chi connectivity index (χ1v) is 20.2. The lowest BCUT2D eigenvalue weighted by atomic mass is 10.3.